The van der Waals surface area contributed by atoms with Gasteiger partial charge < -0.3 is 5.32 Å². The van der Waals surface area contributed by atoms with Crippen LogP contribution >= 0.6 is 23.1 Å². The third-order valence-corrected chi connectivity index (χ3v) is 7.19. The Bertz CT molecular complexity index is 1300. The van der Waals surface area contributed by atoms with E-state index in [2.05, 4.69) is 25.0 Å². The number of hydrogen-bond donors (Lipinski definition) is 2. The Labute approximate surface area is 193 Å². The van der Waals surface area contributed by atoms with E-state index in [9.17, 15) is 13.2 Å². The highest BCUT2D eigenvalue weighted by molar-refractivity contribution is 7.99. The lowest BCUT2D eigenvalue weighted by Crippen LogP contribution is -2.12. The first-order valence-electron chi connectivity index (χ1n) is 9.33. The average Bonchev–Trinajstić information content (AvgIpc) is 3.31. The summed E-state index contributed by atoms with van der Waals surface area (Å²) in [5.41, 5.74) is 1.31. The minimum atomic E-state index is -3.71. The molecule has 0 fully saturated rings. The number of anilines is 3. The molecule has 0 aliphatic rings. The van der Waals surface area contributed by atoms with Gasteiger partial charge in [0.05, 0.1) is 10.6 Å². The topological polar surface area (TPSA) is 114 Å². The van der Waals surface area contributed by atoms with Crippen molar-refractivity contribution in [2.75, 3.05) is 15.8 Å². The maximum absolute atomic E-state index is 12.4. The fourth-order valence-electron chi connectivity index (χ4n) is 2.63. The van der Waals surface area contributed by atoms with Crippen molar-refractivity contribution in [3.8, 4) is 0 Å². The Kier molecular flexibility index (Phi) is 6.78. The summed E-state index contributed by atoms with van der Waals surface area (Å²) in [7, 11) is -3.71. The smallest absolute Gasteiger partial charge is 0.263 e. The highest BCUT2D eigenvalue weighted by Crippen LogP contribution is 2.22. The van der Waals surface area contributed by atoms with E-state index in [0.29, 0.717) is 27.4 Å². The second kappa shape index (κ2) is 9.90. The fourth-order valence-corrected chi connectivity index (χ4v) is 5.14. The van der Waals surface area contributed by atoms with E-state index in [1.807, 2.05) is 18.2 Å². The molecule has 11 heteroatoms. The SMILES string of the molecule is O=C(CSc1nccc(Nc2ccc(S(=O)(=O)Nc3nccs3)cc2)n1)c1ccccc1. The summed E-state index contributed by atoms with van der Waals surface area (Å²) < 4.78 is 27.3. The lowest BCUT2D eigenvalue weighted by molar-refractivity contribution is 0.102. The number of aromatic nitrogens is 3. The number of nitrogens with one attached hydrogen (secondary N) is 2. The van der Waals surface area contributed by atoms with Crippen LogP contribution in [0, 0.1) is 0 Å². The molecule has 2 heterocycles. The average molecular weight is 484 g/mol. The van der Waals surface area contributed by atoms with Crippen LogP contribution in [-0.2, 0) is 10.0 Å². The van der Waals surface area contributed by atoms with Gasteiger partial charge in [-0.2, -0.15) is 0 Å². The van der Waals surface area contributed by atoms with Crippen molar-refractivity contribution >= 4 is 55.5 Å². The first kappa shape index (κ1) is 21.9. The lowest BCUT2D eigenvalue weighted by Gasteiger charge is -2.09. The minimum absolute atomic E-state index is 0.000665. The molecule has 2 N–H and O–H groups in total. The summed E-state index contributed by atoms with van der Waals surface area (Å²) in [5, 5.41) is 5.58. The maximum Gasteiger partial charge on any atom is 0.263 e. The first-order valence-corrected chi connectivity index (χ1v) is 12.7. The van der Waals surface area contributed by atoms with Crippen molar-refractivity contribution in [1.29, 1.82) is 0 Å². The highest BCUT2D eigenvalue weighted by atomic mass is 32.2. The van der Waals surface area contributed by atoms with Gasteiger partial charge in [0, 0.05) is 29.0 Å². The van der Waals surface area contributed by atoms with E-state index in [1.165, 1.54) is 41.4 Å². The van der Waals surface area contributed by atoms with Crippen molar-refractivity contribution in [2.45, 2.75) is 10.1 Å². The second-order valence-electron chi connectivity index (χ2n) is 6.39. The molecule has 4 rings (SSSR count). The monoisotopic (exact) mass is 483 g/mol. The zero-order valence-corrected chi connectivity index (χ0v) is 19.0. The van der Waals surface area contributed by atoms with Crippen LogP contribution in [-0.4, -0.2) is 34.9 Å². The molecular formula is C21H17N5O3S3. The molecule has 4 aromatic rings. The summed E-state index contributed by atoms with van der Waals surface area (Å²) >= 11 is 2.46. The Morgan fingerprint density at radius 1 is 0.969 bits per heavy atom. The Morgan fingerprint density at radius 2 is 1.75 bits per heavy atom. The van der Waals surface area contributed by atoms with Gasteiger partial charge in [0.15, 0.2) is 16.1 Å². The zero-order chi connectivity index (χ0) is 22.4. The van der Waals surface area contributed by atoms with Crippen LogP contribution in [0.3, 0.4) is 0 Å². The molecule has 0 bridgehead atoms. The summed E-state index contributed by atoms with van der Waals surface area (Å²) in [6.07, 6.45) is 3.13. The quantitative estimate of drug-likeness (QED) is 0.204. The number of thiazole rings is 1. The summed E-state index contributed by atoms with van der Waals surface area (Å²) in [5.74, 6) is 0.762. The maximum atomic E-state index is 12.4. The number of rotatable bonds is 9. The van der Waals surface area contributed by atoms with E-state index in [-0.39, 0.29) is 16.4 Å². The fraction of sp³-hybridized carbons (Fsp3) is 0.0476. The third-order valence-electron chi connectivity index (χ3n) is 4.15. The van der Waals surface area contributed by atoms with Crippen molar-refractivity contribution in [2.24, 2.45) is 0 Å². The predicted octanol–water partition coefficient (Wildman–Crippen LogP) is 4.45. The van der Waals surface area contributed by atoms with Gasteiger partial charge in [-0.15, -0.1) is 11.3 Å². The number of benzene rings is 2. The molecule has 0 atom stereocenters. The standard InChI is InChI=1S/C21H17N5O3S3/c27-18(15-4-2-1-3-5-15)14-31-20-22-11-10-19(25-20)24-16-6-8-17(9-7-16)32(28,29)26-21-23-12-13-30-21/h1-13H,14H2,(H,23,26)(H,22,24,25). The van der Waals surface area contributed by atoms with Crippen molar-refractivity contribution in [3.63, 3.8) is 0 Å². The molecule has 0 amide bonds. The normalized spacial score (nSPS) is 11.1. The summed E-state index contributed by atoms with van der Waals surface area (Å²) in [4.78, 5) is 24.9. The van der Waals surface area contributed by atoms with Gasteiger partial charge in [0.2, 0.25) is 0 Å². The molecule has 0 radical (unpaired) electrons. The van der Waals surface area contributed by atoms with Crippen molar-refractivity contribution in [1.82, 2.24) is 15.0 Å². The van der Waals surface area contributed by atoms with Crippen LogP contribution < -0.4 is 10.0 Å². The number of hydrogen-bond acceptors (Lipinski definition) is 9. The van der Waals surface area contributed by atoms with Gasteiger partial charge in [-0.05, 0) is 30.3 Å². The molecule has 162 valence electrons. The number of thioether (sulfide) groups is 1. The van der Waals surface area contributed by atoms with E-state index in [0.717, 1.165) is 0 Å². The molecule has 0 unspecified atom stereocenters. The molecule has 2 aromatic heterocycles. The number of Topliss-reactive ketones (excluding diaryl/α,β-unsaturated/α-hetero) is 1. The number of ketones is 1. The number of carbonyl (C=O) groups is 1. The van der Waals surface area contributed by atoms with E-state index < -0.39 is 10.0 Å². The van der Waals surface area contributed by atoms with Crippen LogP contribution in [0.4, 0.5) is 16.6 Å². The van der Waals surface area contributed by atoms with E-state index in [4.69, 9.17) is 0 Å². The van der Waals surface area contributed by atoms with Crippen LogP contribution in [0.5, 0.6) is 0 Å². The van der Waals surface area contributed by atoms with Gasteiger partial charge in [-0.1, -0.05) is 42.1 Å². The minimum Gasteiger partial charge on any atom is -0.340 e. The van der Waals surface area contributed by atoms with Crippen LogP contribution in [0.1, 0.15) is 10.4 Å². The van der Waals surface area contributed by atoms with Gasteiger partial charge in [0.25, 0.3) is 10.0 Å². The molecule has 2 aromatic carbocycles. The van der Waals surface area contributed by atoms with Crippen LogP contribution in [0.2, 0.25) is 0 Å². The summed E-state index contributed by atoms with van der Waals surface area (Å²) in [6, 6.07) is 17.0. The van der Waals surface area contributed by atoms with Gasteiger partial charge in [-0.25, -0.2) is 23.4 Å². The van der Waals surface area contributed by atoms with E-state index >= 15 is 0 Å². The molecule has 0 spiro atoms. The molecule has 8 nitrogen and oxygen atoms in total. The van der Waals surface area contributed by atoms with Crippen molar-refractivity contribution < 1.29 is 13.2 Å². The Hall–Kier alpha value is -3.28. The van der Waals surface area contributed by atoms with Gasteiger partial charge in [0.1, 0.15) is 5.82 Å². The third kappa shape index (κ3) is 5.69. The number of carbonyl (C=O) groups excluding carboxylic acids is 1. The first-order chi connectivity index (χ1) is 15.5. The van der Waals surface area contributed by atoms with Crippen LogP contribution in [0.15, 0.2) is 88.5 Å². The molecule has 0 saturated heterocycles. The van der Waals surface area contributed by atoms with E-state index in [1.54, 1.807) is 41.9 Å². The van der Waals surface area contributed by atoms with Crippen LogP contribution in [0.25, 0.3) is 0 Å². The molecular weight excluding hydrogens is 466 g/mol. The van der Waals surface area contributed by atoms with Gasteiger partial charge >= 0.3 is 0 Å². The largest absolute Gasteiger partial charge is 0.340 e. The highest BCUT2D eigenvalue weighted by Gasteiger charge is 2.15. The molecule has 0 saturated carbocycles. The molecule has 0 aliphatic heterocycles. The molecule has 32 heavy (non-hydrogen) atoms. The zero-order valence-electron chi connectivity index (χ0n) is 16.5. The summed E-state index contributed by atoms with van der Waals surface area (Å²) in [6.45, 7) is 0. The number of sulfonamides is 1. The molecule has 0 aliphatic carbocycles. The van der Waals surface area contributed by atoms with Gasteiger partial charge in [-0.3, -0.25) is 9.52 Å². The number of nitrogens with zero attached hydrogens (tertiary/aromatic N) is 3. The Morgan fingerprint density at radius 3 is 2.47 bits per heavy atom. The van der Waals surface area contributed by atoms with Crippen molar-refractivity contribution in [3.05, 3.63) is 84.0 Å². The lowest BCUT2D eigenvalue weighted by atomic mass is 10.2. The Balaban J connectivity index is 1.38. The predicted molar refractivity (Wildman–Crippen MR) is 126 cm³/mol. The second-order valence-corrected chi connectivity index (χ2v) is 9.91.